The number of aromatic nitrogens is 2. The number of hydrogen-bond donors (Lipinski definition) is 0. The fourth-order valence-corrected chi connectivity index (χ4v) is 3.02. The molecule has 1 aromatic heterocycles. The maximum absolute atomic E-state index is 13.4. The minimum atomic E-state index is -0.995. The van der Waals surface area contributed by atoms with Gasteiger partial charge in [-0.25, -0.2) is 13.8 Å². The minimum Gasteiger partial charge on any atom is -0.280 e. The summed E-state index contributed by atoms with van der Waals surface area (Å²) in [5.74, 6) is -1.34. The van der Waals surface area contributed by atoms with Crippen molar-refractivity contribution in [2.24, 2.45) is 0 Å². The number of thioether (sulfide) groups is 1. The van der Waals surface area contributed by atoms with Crippen LogP contribution in [0, 0.1) is 18.6 Å². The average molecular weight is 344 g/mol. The summed E-state index contributed by atoms with van der Waals surface area (Å²) in [5, 5.41) is 0.308. The molecular formula is C18H14F2N2OS. The van der Waals surface area contributed by atoms with Gasteiger partial charge in [0.15, 0.2) is 16.7 Å². The van der Waals surface area contributed by atoms with Crippen molar-refractivity contribution in [3.05, 3.63) is 88.0 Å². The molecule has 0 saturated carbocycles. The van der Waals surface area contributed by atoms with E-state index in [4.69, 9.17) is 0 Å². The number of benzene rings is 2. The van der Waals surface area contributed by atoms with Crippen molar-refractivity contribution in [3.63, 3.8) is 0 Å². The lowest BCUT2D eigenvalue weighted by Gasteiger charge is -2.08. The first-order valence-corrected chi connectivity index (χ1v) is 8.24. The zero-order valence-corrected chi connectivity index (χ0v) is 13.7. The third-order valence-corrected chi connectivity index (χ3v) is 4.52. The fourth-order valence-electron chi connectivity index (χ4n) is 2.17. The van der Waals surface area contributed by atoms with Gasteiger partial charge in [0.1, 0.15) is 0 Å². The van der Waals surface area contributed by atoms with E-state index in [9.17, 15) is 13.6 Å². The van der Waals surface area contributed by atoms with Crippen LogP contribution in [0.1, 0.15) is 11.1 Å². The van der Waals surface area contributed by atoms with Crippen molar-refractivity contribution in [1.82, 2.24) is 9.55 Å². The van der Waals surface area contributed by atoms with Gasteiger partial charge in [0.05, 0.1) is 5.69 Å². The van der Waals surface area contributed by atoms with Gasteiger partial charge in [-0.05, 0) is 24.6 Å². The number of halogens is 2. The van der Waals surface area contributed by atoms with Gasteiger partial charge in [0.25, 0.3) is 5.56 Å². The molecule has 0 N–H and O–H groups in total. The standard InChI is InChI=1S/C18H14F2N2OS/c1-12-2-4-13(5-3-12)11-24-17-18(23)22(9-8-21-17)14-6-7-15(19)16(20)10-14/h2-10H,11H2,1H3. The molecular weight excluding hydrogens is 330 g/mol. The molecule has 0 spiro atoms. The van der Waals surface area contributed by atoms with Crippen LogP contribution in [0.5, 0.6) is 0 Å². The van der Waals surface area contributed by atoms with Gasteiger partial charge in [-0.3, -0.25) is 9.36 Å². The molecule has 0 saturated heterocycles. The second-order valence-electron chi connectivity index (χ2n) is 5.28. The molecule has 0 radical (unpaired) electrons. The Morgan fingerprint density at radius 2 is 1.83 bits per heavy atom. The quantitative estimate of drug-likeness (QED) is 0.668. The number of nitrogens with zero attached hydrogens (tertiary/aromatic N) is 2. The Hall–Kier alpha value is -2.47. The SMILES string of the molecule is Cc1ccc(CSc2nccn(-c3ccc(F)c(F)c3)c2=O)cc1. The Labute approximate surface area is 142 Å². The summed E-state index contributed by atoms with van der Waals surface area (Å²) in [6.07, 6.45) is 2.91. The molecule has 0 unspecified atom stereocenters. The lowest BCUT2D eigenvalue weighted by Crippen LogP contribution is -2.20. The van der Waals surface area contributed by atoms with Gasteiger partial charge >= 0.3 is 0 Å². The predicted octanol–water partition coefficient (Wildman–Crippen LogP) is 4.11. The van der Waals surface area contributed by atoms with Crippen LogP contribution in [-0.4, -0.2) is 9.55 Å². The summed E-state index contributed by atoms with van der Waals surface area (Å²) in [4.78, 5) is 16.6. The van der Waals surface area contributed by atoms with E-state index in [0.29, 0.717) is 10.8 Å². The van der Waals surface area contributed by atoms with Gasteiger partial charge in [0, 0.05) is 24.2 Å². The Bertz CT molecular complexity index is 923. The summed E-state index contributed by atoms with van der Waals surface area (Å²) >= 11 is 1.31. The maximum atomic E-state index is 13.4. The van der Waals surface area contributed by atoms with Gasteiger partial charge in [-0.2, -0.15) is 0 Å². The maximum Gasteiger partial charge on any atom is 0.287 e. The molecule has 2 aromatic carbocycles. The normalized spacial score (nSPS) is 10.8. The zero-order chi connectivity index (χ0) is 17.1. The van der Waals surface area contributed by atoms with Crippen molar-refractivity contribution in [2.75, 3.05) is 0 Å². The molecule has 0 aliphatic heterocycles. The van der Waals surface area contributed by atoms with Crippen LogP contribution in [0.15, 0.2) is 64.7 Å². The average Bonchev–Trinajstić information content (AvgIpc) is 2.58. The van der Waals surface area contributed by atoms with E-state index in [-0.39, 0.29) is 11.2 Å². The molecule has 6 heteroatoms. The third-order valence-electron chi connectivity index (χ3n) is 3.49. The van der Waals surface area contributed by atoms with Crippen molar-refractivity contribution in [3.8, 4) is 5.69 Å². The van der Waals surface area contributed by atoms with Crippen LogP contribution in [-0.2, 0) is 5.75 Å². The minimum absolute atomic E-state index is 0.262. The largest absolute Gasteiger partial charge is 0.287 e. The highest BCUT2D eigenvalue weighted by molar-refractivity contribution is 7.98. The first-order chi connectivity index (χ1) is 11.5. The first kappa shape index (κ1) is 16.4. The van der Waals surface area contributed by atoms with Crippen LogP contribution in [0.4, 0.5) is 8.78 Å². The van der Waals surface area contributed by atoms with Gasteiger partial charge in [0.2, 0.25) is 0 Å². The Balaban J connectivity index is 1.86. The number of aryl methyl sites for hydroxylation is 1. The second kappa shape index (κ2) is 6.97. The van der Waals surface area contributed by atoms with Gasteiger partial charge < -0.3 is 0 Å². The fraction of sp³-hybridized carbons (Fsp3) is 0.111. The molecule has 1 heterocycles. The Morgan fingerprint density at radius 1 is 1.08 bits per heavy atom. The summed E-state index contributed by atoms with van der Waals surface area (Å²) in [7, 11) is 0. The Morgan fingerprint density at radius 3 is 2.54 bits per heavy atom. The molecule has 24 heavy (non-hydrogen) atoms. The summed E-state index contributed by atoms with van der Waals surface area (Å²) < 4.78 is 27.7. The highest BCUT2D eigenvalue weighted by Crippen LogP contribution is 2.19. The molecule has 0 amide bonds. The number of hydrogen-bond acceptors (Lipinski definition) is 3. The van der Waals surface area contributed by atoms with Crippen molar-refractivity contribution in [2.45, 2.75) is 17.7 Å². The molecule has 0 atom stereocenters. The first-order valence-electron chi connectivity index (χ1n) is 7.26. The van der Waals surface area contributed by atoms with E-state index >= 15 is 0 Å². The molecule has 0 bridgehead atoms. The molecule has 122 valence electrons. The monoisotopic (exact) mass is 344 g/mol. The van der Waals surface area contributed by atoms with Crippen LogP contribution >= 0.6 is 11.8 Å². The van der Waals surface area contributed by atoms with E-state index in [0.717, 1.165) is 17.7 Å². The lowest BCUT2D eigenvalue weighted by atomic mass is 10.2. The smallest absolute Gasteiger partial charge is 0.280 e. The topological polar surface area (TPSA) is 34.9 Å². The van der Waals surface area contributed by atoms with Gasteiger partial charge in [-0.15, -0.1) is 0 Å². The van der Waals surface area contributed by atoms with Crippen LogP contribution < -0.4 is 5.56 Å². The molecule has 0 aliphatic rings. The molecule has 3 nitrogen and oxygen atoms in total. The lowest BCUT2D eigenvalue weighted by molar-refractivity contribution is 0.507. The van der Waals surface area contributed by atoms with Crippen molar-refractivity contribution in [1.29, 1.82) is 0 Å². The summed E-state index contributed by atoms with van der Waals surface area (Å²) in [6.45, 7) is 2.01. The van der Waals surface area contributed by atoms with E-state index in [1.807, 2.05) is 31.2 Å². The van der Waals surface area contributed by atoms with Crippen LogP contribution in [0.25, 0.3) is 5.69 Å². The van der Waals surface area contributed by atoms with Crippen LogP contribution in [0.2, 0.25) is 0 Å². The molecule has 0 fully saturated rings. The van der Waals surface area contributed by atoms with E-state index in [1.54, 1.807) is 0 Å². The predicted molar refractivity (Wildman–Crippen MR) is 90.5 cm³/mol. The molecule has 0 aliphatic carbocycles. The van der Waals surface area contributed by atoms with Gasteiger partial charge in [-0.1, -0.05) is 41.6 Å². The molecule has 3 rings (SSSR count). The summed E-state index contributed by atoms with van der Waals surface area (Å²) in [5.41, 5.74) is 2.15. The summed E-state index contributed by atoms with van der Waals surface area (Å²) in [6, 6.07) is 11.4. The van der Waals surface area contributed by atoms with Crippen molar-refractivity contribution >= 4 is 11.8 Å². The van der Waals surface area contributed by atoms with Crippen LogP contribution in [0.3, 0.4) is 0 Å². The third kappa shape index (κ3) is 3.54. The highest BCUT2D eigenvalue weighted by atomic mass is 32.2. The molecule has 3 aromatic rings. The zero-order valence-electron chi connectivity index (χ0n) is 12.9. The second-order valence-corrected chi connectivity index (χ2v) is 6.24. The van der Waals surface area contributed by atoms with E-state index in [1.165, 1.54) is 40.4 Å². The van der Waals surface area contributed by atoms with E-state index < -0.39 is 11.6 Å². The van der Waals surface area contributed by atoms with E-state index in [2.05, 4.69) is 4.98 Å². The Kier molecular flexibility index (Phi) is 4.76. The number of rotatable bonds is 4. The van der Waals surface area contributed by atoms with Crippen molar-refractivity contribution < 1.29 is 8.78 Å². The highest BCUT2D eigenvalue weighted by Gasteiger charge is 2.10.